The standard InChI is InChI=1S/C13H15ClFNO3/c1-7(2)10(6-11(17)18)16-13(19)8-4-3-5-9(14)12(8)15/h3-5,7,10H,6H2,1-2H3,(H,16,19)(H,17,18). The third-order valence-electron chi connectivity index (χ3n) is 2.71. The molecule has 0 fully saturated rings. The number of carboxylic acids is 1. The Balaban J connectivity index is 2.88. The third kappa shape index (κ3) is 4.21. The Hall–Kier alpha value is -1.62. The molecule has 0 aliphatic rings. The van der Waals surface area contributed by atoms with Crippen molar-refractivity contribution in [1.29, 1.82) is 0 Å². The van der Waals surface area contributed by atoms with Gasteiger partial charge in [-0.25, -0.2) is 4.39 Å². The van der Waals surface area contributed by atoms with Crippen LogP contribution in [0.4, 0.5) is 4.39 Å². The molecule has 1 rings (SSSR count). The predicted octanol–water partition coefficient (Wildman–Crippen LogP) is 2.71. The number of carboxylic acid groups (broad SMARTS) is 1. The second kappa shape index (κ2) is 6.52. The van der Waals surface area contributed by atoms with Gasteiger partial charge in [-0.1, -0.05) is 31.5 Å². The molecule has 2 N–H and O–H groups in total. The van der Waals surface area contributed by atoms with Gasteiger partial charge in [-0.05, 0) is 18.1 Å². The lowest BCUT2D eigenvalue weighted by molar-refractivity contribution is -0.137. The van der Waals surface area contributed by atoms with Crippen molar-refractivity contribution >= 4 is 23.5 Å². The van der Waals surface area contributed by atoms with Crippen molar-refractivity contribution in [3.63, 3.8) is 0 Å². The summed E-state index contributed by atoms with van der Waals surface area (Å²) in [6.07, 6.45) is -0.217. The van der Waals surface area contributed by atoms with E-state index in [0.29, 0.717) is 0 Å². The molecule has 19 heavy (non-hydrogen) atoms. The van der Waals surface area contributed by atoms with E-state index in [1.165, 1.54) is 18.2 Å². The highest BCUT2D eigenvalue weighted by molar-refractivity contribution is 6.31. The number of aliphatic carboxylic acids is 1. The maximum Gasteiger partial charge on any atom is 0.305 e. The van der Waals surface area contributed by atoms with Crippen LogP contribution in [0.25, 0.3) is 0 Å². The first-order valence-corrected chi connectivity index (χ1v) is 6.17. The van der Waals surface area contributed by atoms with Gasteiger partial charge in [0.05, 0.1) is 17.0 Å². The molecule has 0 aliphatic heterocycles. The van der Waals surface area contributed by atoms with Gasteiger partial charge in [-0.2, -0.15) is 0 Å². The van der Waals surface area contributed by atoms with Crippen molar-refractivity contribution in [3.8, 4) is 0 Å². The Morgan fingerprint density at radius 1 is 1.42 bits per heavy atom. The van der Waals surface area contributed by atoms with Crippen molar-refractivity contribution in [2.75, 3.05) is 0 Å². The highest BCUT2D eigenvalue weighted by atomic mass is 35.5. The Morgan fingerprint density at radius 3 is 2.58 bits per heavy atom. The molecule has 6 heteroatoms. The lowest BCUT2D eigenvalue weighted by Gasteiger charge is -2.20. The maximum absolute atomic E-state index is 13.7. The highest BCUT2D eigenvalue weighted by Crippen LogP contribution is 2.18. The molecule has 0 heterocycles. The number of hydrogen-bond donors (Lipinski definition) is 2. The van der Waals surface area contributed by atoms with Crippen molar-refractivity contribution in [3.05, 3.63) is 34.6 Å². The smallest absolute Gasteiger partial charge is 0.305 e. The van der Waals surface area contributed by atoms with Crippen LogP contribution in [0, 0.1) is 11.7 Å². The number of halogens is 2. The van der Waals surface area contributed by atoms with Gasteiger partial charge in [0.1, 0.15) is 0 Å². The number of amides is 1. The first-order valence-electron chi connectivity index (χ1n) is 5.79. The van der Waals surface area contributed by atoms with Crippen LogP contribution in [0.2, 0.25) is 5.02 Å². The fourth-order valence-corrected chi connectivity index (χ4v) is 1.74. The van der Waals surface area contributed by atoms with Gasteiger partial charge in [-0.3, -0.25) is 9.59 Å². The summed E-state index contributed by atoms with van der Waals surface area (Å²) >= 11 is 5.59. The van der Waals surface area contributed by atoms with Gasteiger partial charge in [-0.15, -0.1) is 0 Å². The van der Waals surface area contributed by atoms with Gasteiger partial charge in [0.15, 0.2) is 5.82 Å². The van der Waals surface area contributed by atoms with Crippen LogP contribution in [0.3, 0.4) is 0 Å². The minimum Gasteiger partial charge on any atom is -0.481 e. The van der Waals surface area contributed by atoms with Crippen LogP contribution in [0.1, 0.15) is 30.6 Å². The number of hydrogen-bond acceptors (Lipinski definition) is 2. The van der Waals surface area contributed by atoms with Crippen LogP contribution in [0.15, 0.2) is 18.2 Å². The molecular formula is C13H15ClFNO3. The van der Waals surface area contributed by atoms with E-state index in [1.54, 1.807) is 13.8 Å². The van der Waals surface area contributed by atoms with Crippen LogP contribution < -0.4 is 5.32 Å². The molecule has 0 bridgehead atoms. The quantitative estimate of drug-likeness (QED) is 0.875. The van der Waals surface area contributed by atoms with Gasteiger partial charge < -0.3 is 10.4 Å². The molecule has 0 saturated heterocycles. The summed E-state index contributed by atoms with van der Waals surface area (Å²) < 4.78 is 13.7. The van der Waals surface area contributed by atoms with Gasteiger partial charge in [0.25, 0.3) is 5.91 Å². The van der Waals surface area contributed by atoms with Crippen molar-refractivity contribution in [1.82, 2.24) is 5.32 Å². The predicted molar refractivity (Wildman–Crippen MR) is 69.8 cm³/mol. The molecule has 0 radical (unpaired) electrons. The van der Waals surface area contributed by atoms with E-state index in [2.05, 4.69) is 5.32 Å². The lowest BCUT2D eigenvalue weighted by Crippen LogP contribution is -2.40. The van der Waals surface area contributed by atoms with Gasteiger partial charge >= 0.3 is 5.97 Å². The molecule has 0 aromatic heterocycles. The van der Waals surface area contributed by atoms with Gasteiger partial charge in [0, 0.05) is 6.04 Å². The molecular weight excluding hydrogens is 273 g/mol. The zero-order chi connectivity index (χ0) is 14.6. The number of rotatable bonds is 5. The van der Waals surface area contributed by atoms with Gasteiger partial charge in [0.2, 0.25) is 0 Å². The Bertz CT molecular complexity index is 491. The number of carbonyl (C=O) groups excluding carboxylic acids is 1. The zero-order valence-corrected chi connectivity index (χ0v) is 11.4. The van der Waals surface area contributed by atoms with E-state index in [0.717, 1.165) is 0 Å². The average Bonchev–Trinajstić information content (AvgIpc) is 2.31. The van der Waals surface area contributed by atoms with E-state index in [4.69, 9.17) is 16.7 Å². The number of nitrogens with one attached hydrogen (secondary N) is 1. The molecule has 1 aromatic rings. The fourth-order valence-electron chi connectivity index (χ4n) is 1.57. The zero-order valence-electron chi connectivity index (χ0n) is 10.6. The summed E-state index contributed by atoms with van der Waals surface area (Å²) in [6, 6.07) is 3.53. The number of benzene rings is 1. The second-order valence-corrected chi connectivity index (χ2v) is 4.93. The van der Waals surface area contributed by atoms with Crippen molar-refractivity contribution < 1.29 is 19.1 Å². The van der Waals surface area contributed by atoms with Crippen LogP contribution in [-0.2, 0) is 4.79 Å². The minimum atomic E-state index is -1.02. The third-order valence-corrected chi connectivity index (χ3v) is 3.00. The summed E-state index contributed by atoms with van der Waals surface area (Å²) in [6.45, 7) is 3.56. The monoisotopic (exact) mass is 287 g/mol. The molecule has 1 unspecified atom stereocenters. The molecule has 0 spiro atoms. The normalized spacial score (nSPS) is 12.3. The van der Waals surface area contributed by atoms with Crippen molar-refractivity contribution in [2.24, 2.45) is 5.92 Å². The topological polar surface area (TPSA) is 66.4 Å². The summed E-state index contributed by atoms with van der Waals surface area (Å²) in [5.41, 5.74) is -0.191. The highest BCUT2D eigenvalue weighted by Gasteiger charge is 2.22. The Labute approximate surface area is 115 Å². The summed E-state index contributed by atoms with van der Waals surface area (Å²) in [5, 5.41) is 11.1. The van der Waals surface area contributed by atoms with Crippen LogP contribution in [-0.4, -0.2) is 23.0 Å². The second-order valence-electron chi connectivity index (χ2n) is 4.52. The molecule has 1 aromatic carbocycles. The lowest BCUT2D eigenvalue weighted by atomic mass is 10.0. The maximum atomic E-state index is 13.7. The molecule has 1 atom stereocenters. The fraction of sp³-hybridized carbons (Fsp3) is 0.385. The molecule has 4 nitrogen and oxygen atoms in total. The number of carbonyl (C=O) groups is 2. The van der Waals surface area contributed by atoms with Crippen LogP contribution >= 0.6 is 11.6 Å². The average molecular weight is 288 g/mol. The summed E-state index contributed by atoms with van der Waals surface area (Å²) in [7, 11) is 0. The largest absolute Gasteiger partial charge is 0.481 e. The molecule has 1 amide bonds. The minimum absolute atomic E-state index is 0.0812. The SMILES string of the molecule is CC(C)C(CC(=O)O)NC(=O)c1cccc(Cl)c1F. The summed E-state index contributed by atoms with van der Waals surface area (Å²) in [4.78, 5) is 22.6. The first-order chi connectivity index (χ1) is 8.82. The van der Waals surface area contributed by atoms with E-state index in [-0.39, 0.29) is 22.9 Å². The molecule has 0 saturated carbocycles. The Morgan fingerprint density at radius 2 is 2.05 bits per heavy atom. The Kier molecular flexibility index (Phi) is 5.30. The van der Waals surface area contributed by atoms with Crippen LogP contribution in [0.5, 0.6) is 0 Å². The summed E-state index contributed by atoms with van der Waals surface area (Å²) in [5.74, 6) is -2.58. The molecule has 104 valence electrons. The van der Waals surface area contributed by atoms with Crippen molar-refractivity contribution in [2.45, 2.75) is 26.3 Å². The first kappa shape index (κ1) is 15.4. The van der Waals surface area contributed by atoms with E-state index >= 15 is 0 Å². The van der Waals surface area contributed by atoms with E-state index in [1.807, 2.05) is 0 Å². The van der Waals surface area contributed by atoms with E-state index in [9.17, 15) is 14.0 Å². The molecule has 0 aliphatic carbocycles. The van der Waals surface area contributed by atoms with E-state index < -0.39 is 23.7 Å².